The molecule has 2 nitrogen and oxygen atoms in total. The molecule has 0 heterocycles. The molecule has 1 rings (SSSR count). The molecule has 66 valence electrons. The fourth-order valence-corrected chi connectivity index (χ4v) is 1.57. The zero-order valence-electron chi connectivity index (χ0n) is 6.60. The van der Waals surface area contributed by atoms with Gasteiger partial charge in [0.25, 0.3) is 0 Å². The minimum absolute atomic E-state index is 0.193. The number of ether oxygens (including phenoxy) is 1. The Balaban J connectivity index is 3.22. The number of hydrogen-bond donors (Lipinski definition) is 1. The molecule has 0 spiro atoms. The topological polar surface area (TPSA) is 35.2 Å². The molecule has 1 aromatic rings. The number of rotatable bonds is 2. The summed E-state index contributed by atoms with van der Waals surface area (Å²) >= 11 is 2.09. The first-order chi connectivity index (χ1) is 5.69. The maximum absolute atomic E-state index is 13.2. The van der Waals surface area contributed by atoms with Crippen molar-refractivity contribution in [1.82, 2.24) is 0 Å². The summed E-state index contributed by atoms with van der Waals surface area (Å²) < 4.78 is 19.0. The van der Waals surface area contributed by atoms with Crippen molar-refractivity contribution < 1.29 is 9.13 Å². The highest BCUT2D eigenvalue weighted by Gasteiger charge is 2.08. The van der Waals surface area contributed by atoms with E-state index in [9.17, 15) is 4.39 Å². The molecule has 0 atom stereocenters. The van der Waals surface area contributed by atoms with E-state index in [1.165, 1.54) is 7.11 Å². The van der Waals surface area contributed by atoms with Crippen LogP contribution in [0.5, 0.6) is 5.75 Å². The molecule has 0 aliphatic rings. The second kappa shape index (κ2) is 4.04. The summed E-state index contributed by atoms with van der Waals surface area (Å²) in [5, 5.41) is 0. The van der Waals surface area contributed by atoms with E-state index in [1.54, 1.807) is 12.1 Å². The lowest BCUT2D eigenvalue weighted by Gasteiger charge is -2.06. The second-order valence-electron chi connectivity index (χ2n) is 2.29. The van der Waals surface area contributed by atoms with Gasteiger partial charge in [-0.15, -0.1) is 0 Å². The van der Waals surface area contributed by atoms with Crippen LogP contribution in [-0.2, 0) is 6.54 Å². The van der Waals surface area contributed by atoms with Crippen LogP contribution < -0.4 is 10.5 Å². The number of nitrogens with two attached hydrogens (primary N) is 1. The van der Waals surface area contributed by atoms with E-state index >= 15 is 0 Å². The van der Waals surface area contributed by atoms with E-state index in [0.29, 0.717) is 5.56 Å². The van der Waals surface area contributed by atoms with Crippen molar-refractivity contribution in [1.29, 1.82) is 0 Å². The van der Waals surface area contributed by atoms with E-state index in [0.717, 1.165) is 3.57 Å². The molecule has 12 heavy (non-hydrogen) atoms. The summed E-state index contributed by atoms with van der Waals surface area (Å²) in [5.41, 5.74) is 5.83. The van der Waals surface area contributed by atoms with Gasteiger partial charge in [0.15, 0.2) is 11.6 Å². The Morgan fingerprint density at radius 2 is 2.25 bits per heavy atom. The minimum Gasteiger partial charge on any atom is -0.494 e. The molecule has 0 bridgehead atoms. The molecular weight excluding hydrogens is 272 g/mol. The van der Waals surface area contributed by atoms with E-state index < -0.39 is 0 Å². The number of hydrogen-bond acceptors (Lipinski definition) is 2. The first-order valence-corrected chi connectivity index (χ1v) is 4.49. The van der Waals surface area contributed by atoms with Gasteiger partial charge in [-0.3, -0.25) is 0 Å². The van der Waals surface area contributed by atoms with E-state index in [-0.39, 0.29) is 18.1 Å². The van der Waals surface area contributed by atoms with Crippen LogP contribution in [0, 0.1) is 9.39 Å². The van der Waals surface area contributed by atoms with Crippen molar-refractivity contribution in [2.24, 2.45) is 5.73 Å². The Morgan fingerprint density at radius 3 is 2.75 bits per heavy atom. The highest BCUT2D eigenvalue weighted by Crippen LogP contribution is 2.23. The summed E-state index contributed by atoms with van der Waals surface area (Å²) in [6.07, 6.45) is 0. The summed E-state index contributed by atoms with van der Waals surface area (Å²) in [7, 11) is 1.44. The van der Waals surface area contributed by atoms with Gasteiger partial charge in [-0.1, -0.05) is 0 Å². The van der Waals surface area contributed by atoms with Gasteiger partial charge in [0.05, 0.1) is 7.11 Å². The van der Waals surface area contributed by atoms with Crippen LogP contribution >= 0.6 is 22.6 Å². The molecule has 0 saturated heterocycles. The maximum Gasteiger partial charge on any atom is 0.169 e. The molecule has 4 heteroatoms. The van der Waals surface area contributed by atoms with Crippen molar-refractivity contribution in [2.75, 3.05) is 7.11 Å². The van der Waals surface area contributed by atoms with Crippen LogP contribution in [0.2, 0.25) is 0 Å². The van der Waals surface area contributed by atoms with E-state index in [2.05, 4.69) is 22.6 Å². The van der Waals surface area contributed by atoms with Crippen LogP contribution in [0.25, 0.3) is 0 Å². The Hall–Kier alpha value is -0.360. The summed E-state index contributed by atoms with van der Waals surface area (Å²) in [5.74, 6) is -0.109. The summed E-state index contributed by atoms with van der Waals surface area (Å²) in [6, 6.07) is 3.34. The predicted molar refractivity (Wildman–Crippen MR) is 53.6 cm³/mol. The van der Waals surface area contributed by atoms with Gasteiger partial charge in [-0.25, -0.2) is 4.39 Å². The number of methoxy groups -OCH3 is 1. The molecule has 0 amide bonds. The van der Waals surface area contributed by atoms with Gasteiger partial charge in [0.2, 0.25) is 0 Å². The van der Waals surface area contributed by atoms with Crippen molar-refractivity contribution in [3.63, 3.8) is 0 Å². The average Bonchev–Trinajstić information content (AvgIpc) is 2.08. The molecule has 0 saturated carbocycles. The van der Waals surface area contributed by atoms with Crippen molar-refractivity contribution in [3.8, 4) is 5.75 Å². The van der Waals surface area contributed by atoms with Gasteiger partial charge >= 0.3 is 0 Å². The SMILES string of the molecule is COc1cc(I)cc(CN)c1F. The monoisotopic (exact) mass is 281 g/mol. The smallest absolute Gasteiger partial charge is 0.169 e. The first kappa shape index (κ1) is 9.73. The normalized spacial score (nSPS) is 10.0. The Morgan fingerprint density at radius 1 is 1.58 bits per heavy atom. The quantitative estimate of drug-likeness (QED) is 0.840. The van der Waals surface area contributed by atoms with E-state index in [1.807, 2.05) is 0 Å². The summed E-state index contributed by atoms with van der Waals surface area (Å²) in [6.45, 7) is 0.193. The molecule has 0 aromatic heterocycles. The fourth-order valence-electron chi connectivity index (χ4n) is 0.915. The highest BCUT2D eigenvalue weighted by atomic mass is 127. The first-order valence-electron chi connectivity index (χ1n) is 3.41. The zero-order chi connectivity index (χ0) is 9.14. The van der Waals surface area contributed by atoms with Crippen LogP contribution in [0.15, 0.2) is 12.1 Å². The van der Waals surface area contributed by atoms with Crippen LogP contribution in [-0.4, -0.2) is 7.11 Å². The number of halogens is 2. The largest absolute Gasteiger partial charge is 0.494 e. The predicted octanol–water partition coefficient (Wildman–Crippen LogP) is 1.90. The lowest BCUT2D eigenvalue weighted by molar-refractivity contribution is 0.384. The molecule has 0 fully saturated rings. The molecule has 0 aliphatic heterocycles. The molecule has 0 unspecified atom stereocenters. The molecular formula is C8H9FINO. The van der Waals surface area contributed by atoms with E-state index in [4.69, 9.17) is 10.5 Å². The lowest BCUT2D eigenvalue weighted by atomic mass is 10.2. The lowest BCUT2D eigenvalue weighted by Crippen LogP contribution is -2.02. The average molecular weight is 281 g/mol. The maximum atomic E-state index is 13.2. The molecule has 0 radical (unpaired) electrons. The van der Waals surface area contributed by atoms with Crippen molar-refractivity contribution >= 4 is 22.6 Å². The molecule has 0 aliphatic carbocycles. The van der Waals surface area contributed by atoms with Gasteiger partial charge < -0.3 is 10.5 Å². The minimum atomic E-state index is -0.361. The third kappa shape index (κ3) is 1.87. The zero-order valence-corrected chi connectivity index (χ0v) is 8.76. The number of benzene rings is 1. The van der Waals surface area contributed by atoms with Crippen molar-refractivity contribution in [3.05, 3.63) is 27.1 Å². The van der Waals surface area contributed by atoms with Gasteiger partial charge in [-0.05, 0) is 34.7 Å². The van der Waals surface area contributed by atoms with Gasteiger partial charge in [-0.2, -0.15) is 0 Å². The van der Waals surface area contributed by atoms with Crippen LogP contribution in [0.1, 0.15) is 5.56 Å². The van der Waals surface area contributed by atoms with Gasteiger partial charge in [0, 0.05) is 15.7 Å². The Bertz CT molecular complexity index is 265. The molecule has 1 aromatic carbocycles. The van der Waals surface area contributed by atoms with Crippen LogP contribution in [0.4, 0.5) is 4.39 Å². The Labute approximate surface area is 84.0 Å². The fraction of sp³-hybridized carbons (Fsp3) is 0.250. The van der Waals surface area contributed by atoms with Crippen molar-refractivity contribution in [2.45, 2.75) is 6.54 Å². The Kier molecular flexibility index (Phi) is 3.28. The standard InChI is InChI=1S/C8H9FINO/c1-12-7-3-6(10)2-5(4-11)8(7)9/h2-3H,4,11H2,1H3. The summed E-state index contributed by atoms with van der Waals surface area (Å²) in [4.78, 5) is 0. The third-order valence-electron chi connectivity index (χ3n) is 1.52. The second-order valence-corrected chi connectivity index (χ2v) is 3.53. The van der Waals surface area contributed by atoms with Crippen LogP contribution in [0.3, 0.4) is 0 Å². The third-order valence-corrected chi connectivity index (χ3v) is 2.14. The molecule has 2 N–H and O–H groups in total. The van der Waals surface area contributed by atoms with Gasteiger partial charge in [0.1, 0.15) is 0 Å². The highest BCUT2D eigenvalue weighted by molar-refractivity contribution is 14.1.